The average molecular weight is 519 g/mol. The van der Waals surface area contributed by atoms with Gasteiger partial charge in [-0.05, 0) is 44.6 Å². The van der Waals surface area contributed by atoms with Crippen LogP contribution in [-0.4, -0.2) is 60.2 Å². The van der Waals surface area contributed by atoms with E-state index in [0.717, 1.165) is 34.3 Å². The SMILES string of the molecule is Cc1ncc(NC(=O)CCN2CC3CCC2CC3)cc1NC(=O)c1cnn2cc(-c3cnn(C)c3)sc12. The first-order valence-electron chi connectivity index (χ1n) is 12.7. The van der Waals surface area contributed by atoms with E-state index in [1.165, 1.54) is 37.0 Å². The molecule has 2 bridgehead atoms. The van der Waals surface area contributed by atoms with Crippen molar-refractivity contribution in [2.75, 3.05) is 23.7 Å². The fourth-order valence-corrected chi connectivity index (χ4v) is 6.49. The molecular formula is C26H30N8O2S. The standard InChI is InChI=1S/C26H30N8O2S/c1-16-22(9-19(11-27-16)30-24(35)7-8-33-13-17-3-5-20(33)6-4-17)31-25(36)21-12-29-34-15-23(37-26(21)34)18-10-28-32(2)14-18/h9-12,14-15,17,20H,3-8,13H2,1-2H3,(H,30,35)(H,31,36). The number of nitrogens with one attached hydrogen (secondary N) is 2. The summed E-state index contributed by atoms with van der Waals surface area (Å²) in [5, 5.41) is 14.5. The van der Waals surface area contributed by atoms with E-state index in [2.05, 4.69) is 30.7 Å². The number of aromatic nitrogens is 5. The molecule has 3 aliphatic rings. The largest absolute Gasteiger partial charge is 0.325 e. The minimum Gasteiger partial charge on any atom is -0.325 e. The summed E-state index contributed by atoms with van der Waals surface area (Å²) in [6.07, 6.45) is 14.4. The Kier molecular flexibility index (Phi) is 6.25. The highest BCUT2D eigenvalue weighted by molar-refractivity contribution is 7.21. The molecule has 0 unspecified atom stereocenters. The van der Waals surface area contributed by atoms with Crippen molar-refractivity contribution in [1.82, 2.24) is 29.3 Å². The van der Waals surface area contributed by atoms with Crippen LogP contribution in [0.1, 0.15) is 48.2 Å². The minimum atomic E-state index is -0.275. The lowest BCUT2D eigenvalue weighted by atomic mass is 9.80. The number of anilines is 2. The highest BCUT2D eigenvalue weighted by Crippen LogP contribution is 2.35. The lowest BCUT2D eigenvalue weighted by molar-refractivity contribution is -0.117. The molecule has 1 aliphatic carbocycles. The van der Waals surface area contributed by atoms with Gasteiger partial charge in [0.15, 0.2) is 0 Å². The normalized spacial score (nSPS) is 19.4. The van der Waals surface area contributed by atoms with Gasteiger partial charge in [0.25, 0.3) is 5.91 Å². The third-order valence-corrected chi connectivity index (χ3v) is 8.66. The number of thiazole rings is 1. The van der Waals surface area contributed by atoms with E-state index in [-0.39, 0.29) is 11.8 Å². The van der Waals surface area contributed by atoms with E-state index >= 15 is 0 Å². The average Bonchev–Trinajstić information content (AvgIpc) is 3.61. The summed E-state index contributed by atoms with van der Waals surface area (Å²) < 4.78 is 3.45. The summed E-state index contributed by atoms with van der Waals surface area (Å²) >= 11 is 1.48. The van der Waals surface area contributed by atoms with Gasteiger partial charge < -0.3 is 10.6 Å². The van der Waals surface area contributed by atoms with Gasteiger partial charge in [0.1, 0.15) is 4.83 Å². The highest BCUT2D eigenvalue weighted by atomic mass is 32.1. The van der Waals surface area contributed by atoms with Crippen LogP contribution >= 0.6 is 11.3 Å². The number of piperidine rings is 2. The van der Waals surface area contributed by atoms with Gasteiger partial charge in [0.2, 0.25) is 5.91 Å². The molecule has 4 aromatic rings. The Morgan fingerprint density at radius 3 is 2.65 bits per heavy atom. The number of pyridine rings is 1. The molecule has 37 heavy (non-hydrogen) atoms. The molecule has 0 aromatic carbocycles. The van der Waals surface area contributed by atoms with E-state index in [9.17, 15) is 9.59 Å². The van der Waals surface area contributed by atoms with Crippen LogP contribution in [0.15, 0.2) is 37.1 Å². The zero-order chi connectivity index (χ0) is 25.5. The van der Waals surface area contributed by atoms with Gasteiger partial charge in [0, 0.05) is 50.6 Å². The van der Waals surface area contributed by atoms with Crippen LogP contribution in [0.5, 0.6) is 0 Å². The number of carbonyl (C=O) groups excluding carboxylic acids is 2. The Labute approximate surface area is 218 Å². The molecular weight excluding hydrogens is 488 g/mol. The first-order chi connectivity index (χ1) is 17.9. The molecule has 2 saturated heterocycles. The van der Waals surface area contributed by atoms with E-state index in [0.29, 0.717) is 35.1 Å². The fraction of sp³-hybridized carbons (Fsp3) is 0.423. The van der Waals surface area contributed by atoms with Gasteiger partial charge in [0.05, 0.1) is 46.1 Å². The van der Waals surface area contributed by atoms with Crippen LogP contribution in [0.2, 0.25) is 0 Å². The van der Waals surface area contributed by atoms with Crippen molar-refractivity contribution in [3.63, 3.8) is 0 Å². The number of fused-ring (bicyclic) bond motifs is 4. The Hall–Kier alpha value is -3.57. The lowest BCUT2D eigenvalue weighted by Crippen LogP contribution is -2.48. The molecule has 6 heterocycles. The maximum Gasteiger partial charge on any atom is 0.260 e. The second-order valence-electron chi connectivity index (χ2n) is 10.1. The number of aryl methyl sites for hydroxylation is 2. The zero-order valence-corrected chi connectivity index (χ0v) is 21.8. The maximum atomic E-state index is 13.2. The van der Waals surface area contributed by atoms with Crippen molar-refractivity contribution in [1.29, 1.82) is 0 Å². The summed E-state index contributed by atoms with van der Waals surface area (Å²) in [6, 6.07) is 2.40. The van der Waals surface area contributed by atoms with Crippen LogP contribution in [-0.2, 0) is 11.8 Å². The first kappa shape index (κ1) is 23.8. The van der Waals surface area contributed by atoms with E-state index in [1.807, 2.05) is 26.4 Å². The van der Waals surface area contributed by atoms with E-state index in [1.54, 1.807) is 33.9 Å². The van der Waals surface area contributed by atoms with Gasteiger partial charge in [-0.2, -0.15) is 10.2 Å². The maximum absolute atomic E-state index is 13.2. The number of carbonyl (C=O) groups is 2. The van der Waals surface area contributed by atoms with E-state index in [4.69, 9.17) is 0 Å². The van der Waals surface area contributed by atoms with Crippen LogP contribution in [0.25, 0.3) is 15.3 Å². The molecule has 10 nitrogen and oxygen atoms in total. The third-order valence-electron chi connectivity index (χ3n) is 7.50. The summed E-state index contributed by atoms with van der Waals surface area (Å²) in [7, 11) is 1.87. The zero-order valence-electron chi connectivity index (χ0n) is 21.0. The Morgan fingerprint density at radius 2 is 1.92 bits per heavy atom. The molecule has 7 rings (SSSR count). The fourth-order valence-electron chi connectivity index (χ4n) is 5.46. The quantitative estimate of drug-likeness (QED) is 0.383. The van der Waals surface area contributed by atoms with Gasteiger partial charge in [-0.25, -0.2) is 4.52 Å². The molecule has 2 amide bonds. The predicted molar refractivity (Wildman–Crippen MR) is 143 cm³/mol. The molecule has 0 radical (unpaired) electrons. The van der Waals surface area contributed by atoms with Gasteiger partial charge >= 0.3 is 0 Å². The molecule has 2 aliphatic heterocycles. The molecule has 0 spiro atoms. The Balaban J connectivity index is 1.11. The number of nitrogens with zero attached hydrogens (tertiary/aromatic N) is 6. The summed E-state index contributed by atoms with van der Waals surface area (Å²) in [5.41, 5.74) is 3.24. The van der Waals surface area contributed by atoms with Crippen molar-refractivity contribution < 1.29 is 9.59 Å². The lowest BCUT2D eigenvalue weighted by Gasteiger charge is -2.45. The highest BCUT2D eigenvalue weighted by Gasteiger charge is 2.33. The van der Waals surface area contributed by atoms with Gasteiger partial charge in [-0.3, -0.25) is 24.2 Å². The van der Waals surface area contributed by atoms with Crippen molar-refractivity contribution in [3.05, 3.63) is 48.3 Å². The second-order valence-corrected chi connectivity index (χ2v) is 11.1. The monoisotopic (exact) mass is 518 g/mol. The predicted octanol–water partition coefficient (Wildman–Crippen LogP) is 3.96. The van der Waals surface area contributed by atoms with Crippen LogP contribution in [0.3, 0.4) is 0 Å². The second kappa shape index (κ2) is 9.71. The third kappa shape index (κ3) is 4.88. The molecule has 0 atom stereocenters. The van der Waals surface area contributed by atoms with Gasteiger partial charge in [-0.1, -0.05) is 0 Å². The number of amides is 2. The summed E-state index contributed by atoms with van der Waals surface area (Å²) in [4.78, 5) is 34.4. The van der Waals surface area contributed by atoms with Crippen molar-refractivity contribution in [2.45, 2.75) is 45.1 Å². The van der Waals surface area contributed by atoms with Crippen LogP contribution in [0, 0.1) is 12.8 Å². The Bertz CT molecular complexity index is 1460. The number of rotatable bonds is 7. The van der Waals surface area contributed by atoms with E-state index < -0.39 is 0 Å². The topological polar surface area (TPSA) is 109 Å². The number of hydrogen-bond donors (Lipinski definition) is 2. The Morgan fingerprint density at radius 1 is 1.08 bits per heavy atom. The summed E-state index contributed by atoms with van der Waals surface area (Å²) in [6.45, 7) is 3.73. The van der Waals surface area contributed by atoms with Crippen molar-refractivity contribution >= 4 is 39.4 Å². The molecule has 1 saturated carbocycles. The van der Waals surface area contributed by atoms with Crippen LogP contribution < -0.4 is 10.6 Å². The van der Waals surface area contributed by atoms with Crippen LogP contribution in [0.4, 0.5) is 11.4 Å². The molecule has 3 fully saturated rings. The van der Waals surface area contributed by atoms with Gasteiger partial charge in [-0.15, -0.1) is 11.3 Å². The molecule has 11 heteroatoms. The molecule has 2 N–H and O–H groups in total. The minimum absolute atomic E-state index is 0.0377. The van der Waals surface area contributed by atoms with Crippen molar-refractivity contribution in [3.8, 4) is 10.4 Å². The summed E-state index contributed by atoms with van der Waals surface area (Å²) in [5.74, 6) is 0.487. The smallest absolute Gasteiger partial charge is 0.260 e. The molecule has 192 valence electrons. The van der Waals surface area contributed by atoms with Crippen molar-refractivity contribution in [2.24, 2.45) is 13.0 Å². The number of hydrogen-bond acceptors (Lipinski definition) is 7. The first-order valence-corrected chi connectivity index (χ1v) is 13.5. The molecule has 4 aromatic heterocycles.